The minimum absolute atomic E-state index is 0.0198. The van der Waals surface area contributed by atoms with Crippen LogP contribution in [0, 0.1) is 6.92 Å². The zero-order valence-corrected chi connectivity index (χ0v) is 9.60. The number of rotatable bonds is 4. The van der Waals surface area contributed by atoms with Crippen LogP contribution in [0.4, 0.5) is 5.13 Å². The highest BCUT2D eigenvalue weighted by Gasteiger charge is 2.12. The first-order valence-electron chi connectivity index (χ1n) is 4.31. The Bertz CT molecular complexity index is 387. The van der Waals surface area contributed by atoms with Gasteiger partial charge in [0, 0.05) is 14.0 Å². The number of thiazole rings is 1. The van der Waals surface area contributed by atoms with E-state index in [-0.39, 0.29) is 18.3 Å². The van der Waals surface area contributed by atoms with Gasteiger partial charge < -0.3 is 4.74 Å². The lowest BCUT2D eigenvalue weighted by Gasteiger charge is -1.98. The van der Waals surface area contributed by atoms with Gasteiger partial charge in [-0.15, -0.1) is 0 Å². The number of aromatic nitrogens is 1. The van der Waals surface area contributed by atoms with Gasteiger partial charge in [0.1, 0.15) is 6.61 Å². The van der Waals surface area contributed by atoms with Crippen molar-refractivity contribution >= 4 is 28.2 Å². The summed E-state index contributed by atoms with van der Waals surface area (Å²) >= 11 is 1.17. The predicted molar refractivity (Wildman–Crippen MR) is 57.4 cm³/mol. The molecule has 1 aromatic heterocycles. The molecule has 0 fully saturated rings. The number of anilines is 1. The van der Waals surface area contributed by atoms with E-state index < -0.39 is 0 Å². The Balaban J connectivity index is 2.75. The molecule has 0 saturated heterocycles. The van der Waals surface area contributed by atoms with Crippen LogP contribution < -0.4 is 5.32 Å². The molecule has 0 radical (unpaired) electrons. The summed E-state index contributed by atoms with van der Waals surface area (Å²) in [5.74, 6) is -0.321. The summed E-state index contributed by atoms with van der Waals surface area (Å²) in [5, 5.41) is 2.98. The number of nitrogens with one attached hydrogen (secondary N) is 1. The molecule has 0 bridgehead atoms. The molecule has 15 heavy (non-hydrogen) atoms. The van der Waals surface area contributed by atoms with Crippen LogP contribution in [0.5, 0.6) is 0 Å². The van der Waals surface area contributed by atoms with Crippen molar-refractivity contribution in [1.29, 1.82) is 0 Å². The summed E-state index contributed by atoms with van der Waals surface area (Å²) in [6.45, 7) is 3.19. The standard InChI is InChI=1S/C9H12N2O3S/c1-5-8(6(2)12)15-9(10-5)11-7(13)4-14-3/h4H2,1-3H3,(H,10,11,13). The van der Waals surface area contributed by atoms with Crippen molar-refractivity contribution in [1.82, 2.24) is 4.98 Å². The number of aryl methyl sites for hydroxylation is 1. The SMILES string of the molecule is COCC(=O)Nc1nc(C)c(C(C)=O)s1. The Morgan fingerprint density at radius 2 is 2.20 bits per heavy atom. The van der Waals surface area contributed by atoms with Gasteiger partial charge in [-0.25, -0.2) is 4.98 Å². The third kappa shape index (κ3) is 3.10. The topological polar surface area (TPSA) is 68.3 Å². The molecule has 0 spiro atoms. The van der Waals surface area contributed by atoms with Gasteiger partial charge >= 0.3 is 0 Å². The van der Waals surface area contributed by atoms with E-state index in [0.29, 0.717) is 15.7 Å². The van der Waals surface area contributed by atoms with Crippen LogP contribution in [0.3, 0.4) is 0 Å². The van der Waals surface area contributed by atoms with E-state index in [4.69, 9.17) is 0 Å². The summed E-state index contributed by atoms with van der Waals surface area (Å²) in [7, 11) is 1.44. The molecule has 0 saturated carbocycles. The zero-order chi connectivity index (χ0) is 11.4. The molecule has 1 heterocycles. The lowest BCUT2D eigenvalue weighted by Crippen LogP contribution is -2.16. The predicted octanol–water partition coefficient (Wildman–Crippen LogP) is 1.24. The number of hydrogen-bond donors (Lipinski definition) is 1. The van der Waals surface area contributed by atoms with Gasteiger partial charge in [0.25, 0.3) is 5.91 Å². The van der Waals surface area contributed by atoms with Crippen LogP contribution in [-0.4, -0.2) is 30.4 Å². The quantitative estimate of drug-likeness (QED) is 0.787. The lowest BCUT2D eigenvalue weighted by atomic mass is 10.3. The number of ketones is 1. The molecule has 0 aliphatic heterocycles. The van der Waals surface area contributed by atoms with Crippen molar-refractivity contribution in [2.75, 3.05) is 19.0 Å². The number of nitrogens with zero attached hydrogens (tertiary/aromatic N) is 1. The fourth-order valence-electron chi connectivity index (χ4n) is 1.06. The maximum Gasteiger partial charge on any atom is 0.252 e. The minimum Gasteiger partial charge on any atom is -0.375 e. The van der Waals surface area contributed by atoms with E-state index in [1.54, 1.807) is 6.92 Å². The number of ether oxygens (including phenoxy) is 1. The second-order valence-electron chi connectivity index (χ2n) is 2.97. The highest BCUT2D eigenvalue weighted by molar-refractivity contribution is 7.17. The van der Waals surface area contributed by atoms with Crippen molar-refractivity contribution in [2.24, 2.45) is 0 Å². The maximum atomic E-state index is 11.1. The van der Waals surface area contributed by atoms with Gasteiger partial charge in [-0.1, -0.05) is 11.3 Å². The van der Waals surface area contributed by atoms with Crippen molar-refractivity contribution in [2.45, 2.75) is 13.8 Å². The third-order valence-electron chi connectivity index (χ3n) is 1.64. The lowest BCUT2D eigenvalue weighted by molar-refractivity contribution is -0.119. The molecule has 82 valence electrons. The Morgan fingerprint density at radius 1 is 1.53 bits per heavy atom. The van der Waals surface area contributed by atoms with Crippen LogP contribution in [0.15, 0.2) is 0 Å². The molecule has 0 aliphatic rings. The highest BCUT2D eigenvalue weighted by Crippen LogP contribution is 2.22. The molecular weight excluding hydrogens is 216 g/mol. The third-order valence-corrected chi connectivity index (χ3v) is 2.81. The number of methoxy groups -OCH3 is 1. The Hall–Kier alpha value is -1.27. The maximum absolute atomic E-state index is 11.1. The molecule has 0 aromatic carbocycles. The summed E-state index contributed by atoms with van der Waals surface area (Å²) < 4.78 is 4.66. The minimum atomic E-state index is -0.277. The van der Waals surface area contributed by atoms with E-state index >= 15 is 0 Å². The molecule has 5 nitrogen and oxygen atoms in total. The van der Waals surface area contributed by atoms with Crippen LogP contribution in [-0.2, 0) is 9.53 Å². The number of Topliss-reactive ketones (excluding diaryl/α,β-unsaturated/α-hetero) is 1. The van der Waals surface area contributed by atoms with Crippen molar-refractivity contribution in [3.8, 4) is 0 Å². The van der Waals surface area contributed by atoms with Crippen molar-refractivity contribution < 1.29 is 14.3 Å². The molecule has 0 unspecified atom stereocenters. The van der Waals surface area contributed by atoms with E-state index in [9.17, 15) is 9.59 Å². The highest BCUT2D eigenvalue weighted by atomic mass is 32.1. The zero-order valence-electron chi connectivity index (χ0n) is 8.79. The monoisotopic (exact) mass is 228 g/mol. The van der Waals surface area contributed by atoms with Gasteiger partial charge in [-0.2, -0.15) is 0 Å². The van der Waals surface area contributed by atoms with Crippen molar-refractivity contribution in [3.63, 3.8) is 0 Å². The van der Waals surface area contributed by atoms with E-state index in [2.05, 4.69) is 15.0 Å². The second kappa shape index (κ2) is 4.99. The average Bonchev–Trinajstić information content (AvgIpc) is 2.47. The van der Waals surface area contributed by atoms with Crippen LogP contribution >= 0.6 is 11.3 Å². The van der Waals surface area contributed by atoms with Crippen LogP contribution in [0.2, 0.25) is 0 Å². The molecule has 1 amide bonds. The first-order chi connectivity index (χ1) is 7.04. The van der Waals surface area contributed by atoms with Crippen molar-refractivity contribution in [3.05, 3.63) is 10.6 Å². The van der Waals surface area contributed by atoms with E-state index in [1.807, 2.05) is 0 Å². The number of carbonyl (C=O) groups is 2. The molecule has 1 rings (SSSR count). The molecule has 0 atom stereocenters. The summed E-state index contributed by atoms with van der Waals surface area (Å²) in [6.07, 6.45) is 0. The van der Waals surface area contributed by atoms with Gasteiger partial charge in [-0.05, 0) is 6.92 Å². The molecule has 6 heteroatoms. The fraction of sp³-hybridized carbons (Fsp3) is 0.444. The fourth-order valence-corrected chi connectivity index (χ4v) is 1.94. The summed E-state index contributed by atoms with van der Waals surface area (Å²) in [4.78, 5) is 26.9. The molecular formula is C9H12N2O3S. The normalized spacial score (nSPS) is 10.1. The molecule has 0 aliphatic carbocycles. The summed E-state index contributed by atoms with van der Waals surface area (Å²) in [5.41, 5.74) is 0.639. The molecule has 1 aromatic rings. The Morgan fingerprint density at radius 3 is 2.67 bits per heavy atom. The largest absolute Gasteiger partial charge is 0.375 e. The van der Waals surface area contributed by atoms with E-state index in [1.165, 1.54) is 25.4 Å². The smallest absolute Gasteiger partial charge is 0.252 e. The Kier molecular flexibility index (Phi) is 3.93. The number of carbonyl (C=O) groups excluding carboxylic acids is 2. The van der Waals surface area contributed by atoms with Gasteiger partial charge in [0.2, 0.25) is 0 Å². The van der Waals surface area contributed by atoms with Gasteiger partial charge in [-0.3, -0.25) is 14.9 Å². The van der Waals surface area contributed by atoms with Gasteiger partial charge in [0.15, 0.2) is 10.9 Å². The average molecular weight is 228 g/mol. The van der Waals surface area contributed by atoms with E-state index in [0.717, 1.165) is 0 Å². The Labute approximate surface area is 91.5 Å². The van der Waals surface area contributed by atoms with Crippen LogP contribution in [0.25, 0.3) is 0 Å². The molecule has 1 N–H and O–H groups in total. The second-order valence-corrected chi connectivity index (χ2v) is 3.97. The van der Waals surface area contributed by atoms with Gasteiger partial charge in [0.05, 0.1) is 10.6 Å². The number of amides is 1. The summed E-state index contributed by atoms with van der Waals surface area (Å²) in [6, 6.07) is 0. The number of hydrogen-bond acceptors (Lipinski definition) is 5. The first-order valence-corrected chi connectivity index (χ1v) is 5.13. The first kappa shape index (κ1) is 11.8. The van der Waals surface area contributed by atoms with Crippen LogP contribution in [0.1, 0.15) is 22.3 Å².